The Morgan fingerprint density at radius 1 is 1.37 bits per heavy atom. The van der Waals surface area contributed by atoms with Crippen LogP contribution in [0.4, 0.5) is 0 Å². The SMILES string of the molecule is COCc1ccc(C(=O)NCC2CCC(O)C2)cc1. The predicted octanol–water partition coefficient (Wildman–Crippen LogP) is 1.72. The Bertz CT molecular complexity index is 416. The van der Waals surface area contributed by atoms with Crippen LogP contribution >= 0.6 is 0 Å². The Morgan fingerprint density at radius 3 is 2.68 bits per heavy atom. The van der Waals surface area contributed by atoms with Gasteiger partial charge < -0.3 is 15.2 Å². The Hall–Kier alpha value is -1.39. The smallest absolute Gasteiger partial charge is 0.251 e. The summed E-state index contributed by atoms with van der Waals surface area (Å²) < 4.78 is 5.03. The molecule has 0 heterocycles. The summed E-state index contributed by atoms with van der Waals surface area (Å²) in [5.41, 5.74) is 1.72. The lowest BCUT2D eigenvalue weighted by atomic mass is 10.1. The summed E-state index contributed by atoms with van der Waals surface area (Å²) in [6.45, 7) is 1.21. The van der Waals surface area contributed by atoms with Crippen LogP contribution in [0.3, 0.4) is 0 Å². The monoisotopic (exact) mass is 263 g/mol. The molecule has 0 aromatic heterocycles. The third-order valence-corrected chi connectivity index (χ3v) is 3.59. The van der Waals surface area contributed by atoms with Crippen molar-refractivity contribution in [2.24, 2.45) is 5.92 Å². The maximum Gasteiger partial charge on any atom is 0.251 e. The van der Waals surface area contributed by atoms with Crippen LogP contribution in [-0.2, 0) is 11.3 Å². The minimum Gasteiger partial charge on any atom is -0.393 e. The van der Waals surface area contributed by atoms with E-state index in [4.69, 9.17) is 4.74 Å². The Kier molecular flexibility index (Phi) is 4.93. The molecule has 0 spiro atoms. The van der Waals surface area contributed by atoms with Crippen molar-refractivity contribution in [3.05, 3.63) is 35.4 Å². The molecule has 2 rings (SSSR count). The van der Waals surface area contributed by atoms with Gasteiger partial charge in [-0.25, -0.2) is 0 Å². The van der Waals surface area contributed by atoms with Crippen LogP contribution in [0.25, 0.3) is 0 Å². The van der Waals surface area contributed by atoms with Gasteiger partial charge >= 0.3 is 0 Å². The molecule has 0 aliphatic heterocycles. The highest BCUT2D eigenvalue weighted by Crippen LogP contribution is 2.24. The van der Waals surface area contributed by atoms with E-state index in [9.17, 15) is 9.90 Å². The lowest BCUT2D eigenvalue weighted by Gasteiger charge is -2.11. The first-order chi connectivity index (χ1) is 9.19. The van der Waals surface area contributed by atoms with Crippen LogP contribution in [0.2, 0.25) is 0 Å². The Balaban J connectivity index is 1.82. The van der Waals surface area contributed by atoms with Crippen molar-refractivity contribution in [2.45, 2.75) is 32.0 Å². The zero-order valence-corrected chi connectivity index (χ0v) is 11.3. The van der Waals surface area contributed by atoms with Crippen LogP contribution in [-0.4, -0.2) is 30.8 Å². The number of aliphatic hydroxyl groups is 1. The lowest BCUT2D eigenvalue weighted by molar-refractivity contribution is 0.0945. The summed E-state index contributed by atoms with van der Waals surface area (Å²) in [6.07, 6.45) is 2.46. The summed E-state index contributed by atoms with van der Waals surface area (Å²) in [6, 6.07) is 7.43. The van der Waals surface area contributed by atoms with Gasteiger partial charge in [-0.2, -0.15) is 0 Å². The predicted molar refractivity (Wildman–Crippen MR) is 72.8 cm³/mol. The molecule has 0 saturated heterocycles. The maximum absolute atomic E-state index is 11.9. The molecule has 1 fully saturated rings. The van der Waals surface area contributed by atoms with Gasteiger partial charge in [0.05, 0.1) is 12.7 Å². The minimum atomic E-state index is -0.185. The van der Waals surface area contributed by atoms with E-state index in [1.807, 2.05) is 24.3 Å². The second kappa shape index (κ2) is 6.68. The number of carbonyl (C=O) groups is 1. The molecule has 2 unspecified atom stereocenters. The minimum absolute atomic E-state index is 0.0506. The van der Waals surface area contributed by atoms with Gasteiger partial charge in [0.25, 0.3) is 5.91 Å². The topological polar surface area (TPSA) is 58.6 Å². The fraction of sp³-hybridized carbons (Fsp3) is 0.533. The van der Waals surface area contributed by atoms with Gasteiger partial charge in [-0.05, 0) is 42.9 Å². The first kappa shape index (κ1) is 14.0. The fourth-order valence-electron chi connectivity index (χ4n) is 2.49. The van der Waals surface area contributed by atoms with Crippen molar-refractivity contribution >= 4 is 5.91 Å². The number of ether oxygens (including phenoxy) is 1. The summed E-state index contributed by atoms with van der Waals surface area (Å²) in [5.74, 6) is 0.358. The van der Waals surface area contributed by atoms with Crippen LogP contribution in [0.1, 0.15) is 35.2 Å². The van der Waals surface area contributed by atoms with Gasteiger partial charge in [-0.1, -0.05) is 12.1 Å². The van der Waals surface area contributed by atoms with E-state index < -0.39 is 0 Å². The van der Waals surface area contributed by atoms with E-state index in [-0.39, 0.29) is 12.0 Å². The summed E-state index contributed by atoms with van der Waals surface area (Å²) >= 11 is 0. The van der Waals surface area contributed by atoms with Crippen LogP contribution in [0.15, 0.2) is 24.3 Å². The van der Waals surface area contributed by atoms with E-state index in [0.717, 1.165) is 24.8 Å². The molecule has 1 aromatic carbocycles. The first-order valence-corrected chi connectivity index (χ1v) is 6.73. The van der Waals surface area contributed by atoms with Gasteiger partial charge in [-0.15, -0.1) is 0 Å². The molecule has 2 N–H and O–H groups in total. The maximum atomic E-state index is 11.9. The quantitative estimate of drug-likeness (QED) is 0.850. The van der Waals surface area contributed by atoms with Crippen LogP contribution < -0.4 is 5.32 Å². The average Bonchev–Trinajstić information content (AvgIpc) is 2.83. The molecule has 1 aliphatic carbocycles. The van der Waals surface area contributed by atoms with Crippen molar-refractivity contribution in [3.63, 3.8) is 0 Å². The van der Waals surface area contributed by atoms with E-state index in [2.05, 4.69) is 5.32 Å². The third-order valence-electron chi connectivity index (χ3n) is 3.59. The van der Waals surface area contributed by atoms with Gasteiger partial charge in [-0.3, -0.25) is 4.79 Å². The fourth-order valence-corrected chi connectivity index (χ4v) is 2.49. The van der Waals surface area contributed by atoms with E-state index in [0.29, 0.717) is 24.6 Å². The van der Waals surface area contributed by atoms with Gasteiger partial charge in [0.15, 0.2) is 0 Å². The molecule has 0 bridgehead atoms. The van der Waals surface area contributed by atoms with Crippen molar-refractivity contribution < 1.29 is 14.6 Å². The van der Waals surface area contributed by atoms with Crippen molar-refractivity contribution in [1.29, 1.82) is 0 Å². The number of amides is 1. The number of carbonyl (C=O) groups excluding carboxylic acids is 1. The number of methoxy groups -OCH3 is 1. The molecule has 19 heavy (non-hydrogen) atoms. The second-order valence-electron chi connectivity index (χ2n) is 5.17. The highest BCUT2D eigenvalue weighted by molar-refractivity contribution is 5.94. The summed E-state index contributed by atoms with van der Waals surface area (Å²) in [7, 11) is 1.65. The Labute approximate surface area is 113 Å². The molecule has 1 aliphatic rings. The highest BCUT2D eigenvalue weighted by Gasteiger charge is 2.23. The molecule has 4 nitrogen and oxygen atoms in total. The summed E-state index contributed by atoms with van der Waals surface area (Å²) in [4.78, 5) is 11.9. The second-order valence-corrected chi connectivity index (χ2v) is 5.17. The number of nitrogens with one attached hydrogen (secondary N) is 1. The zero-order chi connectivity index (χ0) is 13.7. The first-order valence-electron chi connectivity index (χ1n) is 6.73. The van der Waals surface area contributed by atoms with Crippen molar-refractivity contribution in [3.8, 4) is 0 Å². The zero-order valence-electron chi connectivity index (χ0n) is 11.3. The number of aliphatic hydroxyl groups excluding tert-OH is 1. The number of rotatable bonds is 5. The van der Waals surface area contributed by atoms with Crippen molar-refractivity contribution in [1.82, 2.24) is 5.32 Å². The molecule has 104 valence electrons. The third kappa shape index (κ3) is 4.04. The van der Waals surface area contributed by atoms with Crippen LogP contribution in [0.5, 0.6) is 0 Å². The van der Waals surface area contributed by atoms with E-state index in [1.165, 1.54) is 0 Å². The Morgan fingerprint density at radius 2 is 2.11 bits per heavy atom. The molecular weight excluding hydrogens is 242 g/mol. The van der Waals surface area contributed by atoms with Crippen molar-refractivity contribution in [2.75, 3.05) is 13.7 Å². The summed E-state index contributed by atoms with van der Waals surface area (Å²) in [5, 5.41) is 12.4. The van der Waals surface area contributed by atoms with Gasteiger partial charge in [0.2, 0.25) is 0 Å². The molecule has 1 aromatic rings. The van der Waals surface area contributed by atoms with Gasteiger partial charge in [0, 0.05) is 19.2 Å². The molecule has 4 heteroatoms. The number of hydrogen-bond acceptors (Lipinski definition) is 3. The standard InChI is InChI=1S/C15H21NO3/c1-19-10-11-2-5-13(6-3-11)15(18)16-9-12-4-7-14(17)8-12/h2-3,5-6,12,14,17H,4,7-10H2,1H3,(H,16,18). The van der Waals surface area contributed by atoms with Gasteiger partial charge in [0.1, 0.15) is 0 Å². The van der Waals surface area contributed by atoms with Crippen LogP contribution in [0, 0.1) is 5.92 Å². The largest absolute Gasteiger partial charge is 0.393 e. The lowest BCUT2D eigenvalue weighted by Crippen LogP contribution is -2.28. The average molecular weight is 263 g/mol. The number of hydrogen-bond donors (Lipinski definition) is 2. The highest BCUT2D eigenvalue weighted by atomic mass is 16.5. The molecular formula is C15H21NO3. The molecule has 1 amide bonds. The molecule has 1 saturated carbocycles. The molecule has 0 radical (unpaired) electrons. The molecule has 2 atom stereocenters. The van der Waals surface area contributed by atoms with E-state index >= 15 is 0 Å². The number of benzene rings is 1. The van der Waals surface area contributed by atoms with E-state index in [1.54, 1.807) is 7.11 Å². The normalized spacial score (nSPS) is 22.4.